The van der Waals surface area contributed by atoms with Crippen LogP contribution in [-0.4, -0.2) is 17.1 Å². The molecule has 1 aromatic heterocycles. The van der Waals surface area contributed by atoms with Crippen LogP contribution < -0.4 is 16.0 Å². The van der Waals surface area contributed by atoms with Crippen molar-refractivity contribution < 1.29 is 27.3 Å². The maximum absolute atomic E-state index is 12.4. The van der Waals surface area contributed by atoms with Gasteiger partial charge in [-0.05, 0) is 17.7 Å². The SMILES string of the molecule is O=C1Cc2ccc(NC(=O)Nc3cc(C(F)(F)F)no3)cc2N1. The predicted octanol–water partition coefficient (Wildman–Crippen LogP) is 2.83. The molecule has 0 aliphatic carbocycles. The molecule has 3 rings (SSSR count). The second kappa shape index (κ2) is 5.30. The Hall–Kier alpha value is -3.04. The van der Waals surface area contributed by atoms with Gasteiger partial charge in [0.05, 0.1) is 6.42 Å². The van der Waals surface area contributed by atoms with Crippen molar-refractivity contribution in [1.29, 1.82) is 0 Å². The third-order valence-electron chi connectivity index (χ3n) is 3.03. The summed E-state index contributed by atoms with van der Waals surface area (Å²) in [5, 5.41) is 9.94. The average molecular weight is 326 g/mol. The van der Waals surface area contributed by atoms with Crippen molar-refractivity contribution in [3.8, 4) is 0 Å². The topological polar surface area (TPSA) is 96.3 Å². The van der Waals surface area contributed by atoms with Crippen LogP contribution in [0.4, 0.5) is 35.2 Å². The van der Waals surface area contributed by atoms with E-state index in [1.807, 2.05) is 0 Å². The molecule has 0 unspecified atom stereocenters. The fourth-order valence-electron chi connectivity index (χ4n) is 2.03. The Balaban J connectivity index is 1.65. The van der Waals surface area contributed by atoms with Crippen LogP contribution >= 0.6 is 0 Å². The summed E-state index contributed by atoms with van der Waals surface area (Å²) >= 11 is 0. The zero-order chi connectivity index (χ0) is 16.6. The Morgan fingerprint density at radius 2 is 2.04 bits per heavy atom. The molecule has 1 aliphatic heterocycles. The van der Waals surface area contributed by atoms with E-state index in [1.54, 1.807) is 18.2 Å². The molecule has 3 amide bonds. The molecule has 0 bridgehead atoms. The lowest BCUT2D eigenvalue weighted by Gasteiger charge is -2.07. The molecule has 1 aliphatic rings. The third kappa shape index (κ3) is 3.25. The van der Waals surface area contributed by atoms with Gasteiger partial charge in [0.25, 0.3) is 0 Å². The highest BCUT2D eigenvalue weighted by Crippen LogP contribution is 2.30. The van der Waals surface area contributed by atoms with Gasteiger partial charge < -0.3 is 15.2 Å². The van der Waals surface area contributed by atoms with E-state index in [9.17, 15) is 22.8 Å². The Morgan fingerprint density at radius 3 is 2.74 bits per heavy atom. The van der Waals surface area contributed by atoms with Crippen LogP contribution in [-0.2, 0) is 17.4 Å². The molecule has 3 N–H and O–H groups in total. The van der Waals surface area contributed by atoms with Crippen molar-refractivity contribution in [3.63, 3.8) is 0 Å². The monoisotopic (exact) mass is 326 g/mol. The Morgan fingerprint density at radius 1 is 1.26 bits per heavy atom. The first kappa shape index (κ1) is 14.9. The van der Waals surface area contributed by atoms with Crippen molar-refractivity contribution in [2.45, 2.75) is 12.6 Å². The maximum atomic E-state index is 12.4. The molecule has 0 saturated carbocycles. The first-order valence-electron chi connectivity index (χ1n) is 6.36. The molecular formula is C13H9F3N4O3. The fraction of sp³-hybridized carbons (Fsp3) is 0.154. The summed E-state index contributed by atoms with van der Waals surface area (Å²) in [5.41, 5.74) is 0.491. The Labute approximate surface area is 126 Å². The highest BCUT2D eigenvalue weighted by Gasteiger charge is 2.35. The van der Waals surface area contributed by atoms with Gasteiger partial charge in [0.15, 0.2) is 5.69 Å². The van der Waals surface area contributed by atoms with Crippen molar-refractivity contribution in [2.75, 3.05) is 16.0 Å². The van der Waals surface area contributed by atoms with E-state index in [0.29, 0.717) is 17.4 Å². The summed E-state index contributed by atoms with van der Waals surface area (Å²) in [6.45, 7) is 0. The molecule has 7 nitrogen and oxygen atoms in total. The van der Waals surface area contributed by atoms with Gasteiger partial charge >= 0.3 is 12.2 Å². The van der Waals surface area contributed by atoms with Crippen LogP contribution in [0.25, 0.3) is 0 Å². The minimum Gasteiger partial charge on any atom is -0.338 e. The number of nitrogens with one attached hydrogen (secondary N) is 3. The van der Waals surface area contributed by atoms with E-state index in [-0.39, 0.29) is 12.3 Å². The summed E-state index contributed by atoms with van der Waals surface area (Å²) < 4.78 is 41.5. The Kier molecular flexibility index (Phi) is 3.43. The number of fused-ring (bicyclic) bond motifs is 1. The van der Waals surface area contributed by atoms with E-state index >= 15 is 0 Å². The van der Waals surface area contributed by atoms with Crippen molar-refractivity contribution >= 4 is 29.2 Å². The van der Waals surface area contributed by atoms with Gasteiger partial charge in [-0.25, -0.2) is 4.79 Å². The standard InChI is InChI=1S/C13H9F3N4O3/c14-13(15,16)9-5-11(23-20-9)19-12(22)17-7-2-1-6-3-10(21)18-8(6)4-7/h1-2,4-5H,3H2,(H,18,21)(H2,17,19,22). The van der Waals surface area contributed by atoms with Crippen LogP contribution in [0.1, 0.15) is 11.3 Å². The van der Waals surface area contributed by atoms with Gasteiger partial charge in [-0.1, -0.05) is 11.2 Å². The number of rotatable bonds is 2. The molecule has 0 fully saturated rings. The van der Waals surface area contributed by atoms with Gasteiger partial charge in [-0.3, -0.25) is 10.1 Å². The second-order valence-corrected chi connectivity index (χ2v) is 4.75. The number of aromatic nitrogens is 1. The van der Waals surface area contributed by atoms with Gasteiger partial charge in [-0.2, -0.15) is 13.2 Å². The highest BCUT2D eigenvalue weighted by atomic mass is 19.4. The lowest BCUT2D eigenvalue weighted by molar-refractivity contribution is -0.142. The maximum Gasteiger partial charge on any atom is 0.436 e. The number of anilines is 3. The predicted molar refractivity (Wildman–Crippen MR) is 72.9 cm³/mol. The van der Waals surface area contributed by atoms with Crippen LogP contribution in [0.15, 0.2) is 28.8 Å². The number of carbonyl (C=O) groups is 2. The summed E-state index contributed by atoms with van der Waals surface area (Å²) in [5.74, 6) is -0.591. The molecule has 0 spiro atoms. The minimum absolute atomic E-state index is 0.150. The molecule has 10 heteroatoms. The largest absolute Gasteiger partial charge is 0.436 e. The number of amides is 3. The number of hydrogen-bond donors (Lipinski definition) is 3. The van der Waals surface area contributed by atoms with Crippen molar-refractivity contribution in [2.24, 2.45) is 0 Å². The van der Waals surface area contributed by atoms with Gasteiger partial charge in [0, 0.05) is 17.4 Å². The van der Waals surface area contributed by atoms with Gasteiger partial charge in [-0.15, -0.1) is 0 Å². The zero-order valence-corrected chi connectivity index (χ0v) is 11.3. The van der Waals surface area contributed by atoms with Crippen LogP contribution in [0.3, 0.4) is 0 Å². The first-order chi connectivity index (χ1) is 10.8. The lowest BCUT2D eigenvalue weighted by Crippen LogP contribution is -2.19. The molecule has 23 heavy (non-hydrogen) atoms. The molecule has 120 valence electrons. The number of urea groups is 1. The van der Waals surface area contributed by atoms with Crippen LogP contribution in [0, 0.1) is 0 Å². The molecular weight excluding hydrogens is 317 g/mol. The number of carbonyl (C=O) groups excluding carboxylic acids is 2. The normalized spacial score (nSPS) is 13.4. The van der Waals surface area contributed by atoms with E-state index < -0.39 is 23.8 Å². The molecule has 0 radical (unpaired) electrons. The first-order valence-corrected chi connectivity index (χ1v) is 6.36. The van der Waals surface area contributed by atoms with Gasteiger partial charge in [0.2, 0.25) is 11.8 Å². The molecule has 0 saturated heterocycles. The fourth-order valence-corrected chi connectivity index (χ4v) is 2.03. The number of nitrogens with zero attached hydrogens (tertiary/aromatic N) is 1. The summed E-state index contributed by atoms with van der Waals surface area (Å²) in [6.07, 6.45) is -4.39. The number of halogens is 3. The quantitative estimate of drug-likeness (QED) is 0.790. The smallest absolute Gasteiger partial charge is 0.338 e. The number of alkyl halides is 3. The molecule has 1 aromatic carbocycles. The zero-order valence-electron chi connectivity index (χ0n) is 11.3. The number of benzene rings is 1. The Bertz CT molecular complexity index is 785. The lowest BCUT2D eigenvalue weighted by atomic mass is 10.1. The average Bonchev–Trinajstić information content (AvgIpc) is 3.03. The second-order valence-electron chi connectivity index (χ2n) is 4.75. The molecule has 2 aromatic rings. The van der Waals surface area contributed by atoms with Gasteiger partial charge in [0.1, 0.15) is 0 Å². The van der Waals surface area contributed by atoms with Crippen LogP contribution in [0.2, 0.25) is 0 Å². The van der Waals surface area contributed by atoms with E-state index in [4.69, 9.17) is 0 Å². The van der Waals surface area contributed by atoms with Crippen molar-refractivity contribution in [3.05, 3.63) is 35.5 Å². The molecule has 0 atom stereocenters. The van der Waals surface area contributed by atoms with E-state index in [0.717, 1.165) is 5.56 Å². The third-order valence-corrected chi connectivity index (χ3v) is 3.03. The minimum atomic E-state index is -4.65. The van der Waals surface area contributed by atoms with Crippen LogP contribution in [0.5, 0.6) is 0 Å². The van der Waals surface area contributed by atoms with E-state index in [1.165, 1.54) is 0 Å². The summed E-state index contributed by atoms with van der Waals surface area (Å²) in [6, 6.07) is 4.54. The molecule has 2 heterocycles. The summed E-state index contributed by atoms with van der Waals surface area (Å²) in [7, 11) is 0. The highest BCUT2D eigenvalue weighted by molar-refractivity contribution is 6.02. The number of hydrogen-bond acceptors (Lipinski definition) is 4. The van der Waals surface area contributed by atoms with E-state index in [2.05, 4.69) is 25.6 Å². The summed E-state index contributed by atoms with van der Waals surface area (Å²) in [4.78, 5) is 23.0. The van der Waals surface area contributed by atoms with Crippen molar-refractivity contribution in [1.82, 2.24) is 5.16 Å².